The maximum Gasteiger partial charge on any atom is 0.274 e. The van der Waals surface area contributed by atoms with Gasteiger partial charge in [0.15, 0.2) is 0 Å². The Kier molecular flexibility index (Phi) is 5.41. The van der Waals surface area contributed by atoms with Crippen molar-refractivity contribution in [2.45, 2.75) is 51.1 Å². The van der Waals surface area contributed by atoms with Gasteiger partial charge < -0.3 is 4.90 Å². The van der Waals surface area contributed by atoms with Crippen LogP contribution in [-0.4, -0.2) is 53.1 Å². The quantitative estimate of drug-likeness (QED) is 0.612. The molecule has 0 radical (unpaired) electrons. The number of hydrogen-bond donors (Lipinski definition) is 2. The molecule has 1 aliphatic heterocycles. The SMILES string of the molecule is CN(CCCN1CCc2cc(C(=O)NO)cc(F)c2C1)C1(C)CCC1. The van der Waals surface area contributed by atoms with E-state index in [1.165, 1.54) is 25.3 Å². The number of hydrogen-bond acceptors (Lipinski definition) is 4. The second kappa shape index (κ2) is 7.40. The molecule has 0 aromatic heterocycles. The van der Waals surface area contributed by atoms with Gasteiger partial charge in [0.05, 0.1) is 0 Å². The van der Waals surface area contributed by atoms with E-state index in [-0.39, 0.29) is 11.4 Å². The predicted molar refractivity (Wildman–Crippen MR) is 94.1 cm³/mol. The second-order valence-electron chi connectivity index (χ2n) is 7.69. The summed E-state index contributed by atoms with van der Waals surface area (Å²) in [4.78, 5) is 16.2. The van der Waals surface area contributed by atoms with Crippen molar-refractivity contribution in [3.63, 3.8) is 0 Å². The van der Waals surface area contributed by atoms with Gasteiger partial charge in [0.25, 0.3) is 5.91 Å². The van der Waals surface area contributed by atoms with Crippen LogP contribution >= 0.6 is 0 Å². The number of carbonyl (C=O) groups excluding carboxylic acids is 1. The predicted octanol–water partition coefficient (Wildman–Crippen LogP) is 2.57. The van der Waals surface area contributed by atoms with E-state index in [4.69, 9.17) is 5.21 Å². The van der Waals surface area contributed by atoms with E-state index in [1.54, 1.807) is 11.5 Å². The zero-order valence-corrected chi connectivity index (χ0v) is 15.1. The average Bonchev–Trinajstić information content (AvgIpc) is 2.59. The fourth-order valence-electron chi connectivity index (χ4n) is 3.93. The van der Waals surface area contributed by atoms with E-state index in [1.807, 2.05) is 0 Å². The van der Waals surface area contributed by atoms with E-state index in [0.29, 0.717) is 17.6 Å². The number of nitrogens with zero attached hydrogens (tertiary/aromatic N) is 2. The highest BCUT2D eigenvalue weighted by molar-refractivity contribution is 5.93. The molecule has 1 saturated carbocycles. The third-order valence-electron chi connectivity index (χ3n) is 6.05. The van der Waals surface area contributed by atoms with Crippen molar-refractivity contribution in [3.8, 4) is 0 Å². The molecule has 3 rings (SSSR count). The Hall–Kier alpha value is -1.50. The summed E-state index contributed by atoms with van der Waals surface area (Å²) in [5.41, 5.74) is 3.66. The minimum Gasteiger partial charge on any atom is -0.301 e. The second-order valence-corrected chi connectivity index (χ2v) is 7.69. The molecule has 1 aliphatic carbocycles. The van der Waals surface area contributed by atoms with Crippen LogP contribution < -0.4 is 5.48 Å². The van der Waals surface area contributed by atoms with Crippen LogP contribution in [0.4, 0.5) is 4.39 Å². The van der Waals surface area contributed by atoms with Gasteiger partial charge in [0.2, 0.25) is 0 Å². The van der Waals surface area contributed by atoms with Crippen molar-refractivity contribution >= 4 is 5.91 Å². The van der Waals surface area contributed by atoms with Crippen LogP contribution in [0.25, 0.3) is 0 Å². The summed E-state index contributed by atoms with van der Waals surface area (Å²) in [6.45, 7) is 5.82. The lowest BCUT2D eigenvalue weighted by atomic mass is 9.77. The highest BCUT2D eigenvalue weighted by Gasteiger charge is 2.35. The van der Waals surface area contributed by atoms with E-state index >= 15 is 0 Å². The molecule has 5 nitrogen and oxygen atoms in total. The summed E-state index contributed by atoms with van der Waals surface area (Å²) in [6, 6.07) is 2.89. The molecule has 138 valence electrons. The molecular weight excluding hydrogens is 321 g/mol. The van der Waals surface area contributed by atoms with Crippen LogP contribution in [0.1, 0.15) is 54.1 Å². The van der Waals surface area contributed by atoms with Crippen molar-refractivity contribution in [1.82, 2.24) is 15.3 Å². The Morgan fingerprint density at radius 2 is 2.20 bits per heavy atom. The first-order valence-corrected chi connectivity index (χ1v) is 9.12. The summed E-state index contributed by atoms with van der Waals surface area (Å²) in [5.74, 6) is -1.03. The number of halogens is 1. The lowest BCUT2D eigenvalue weighted by molar-refractivity contribution is 0.0521. The Morgan fingerprint density at radius 1 is 1.44 bits per heavy atom. The molecule has 0 saturated heterocycles. The van der Waals surface area contributed by atoms with E-state index < -0.39 is 5.91 Å². The molecule has 25 heavy (non-hydrogen) atoms. The van der Waals surface area contributed by atoms with Crippen molar-refractivity contribution in [3.05, 3.63) is 34.6 Å². The Balaban J connectivity index is 1.55. The number of amides is 1. The third kappa shape index (κ3) is 3.86. The highest BCUT2D eigenvalue weighted by atomic mass is 19.1. The maximum atomic E-state index is 14.4. The molecule has 1 aromatic carbocycles. The van der Waals surface area contributed by atoms with E-state index in [0.717, 1.165) is 38.0 Å². The number of carbonyl (C=O) groups is 1. The van der Waals surface area contributed by atoms with Crippen molar-refractivity contribution in [1.29, 1.82) is 0 Å². The molecule has 0 atom stereocenters. The summed E-state index contributed by atoms with van der Waals surface area (Å²) in [6.07, 6.45) is 5.71. The van der Waals surface area contributed by atoms with Crippen LogP contribution in [0, 0.1) is 5.82 Å². The normalized spacial score (nSPS) is 19.4. The van der Waals surface area contributed by atoms with Crippen LogP contribution in [0.2, 0.25) is 0 Å². The van der Waals surface area contributed by atoms with Crippen LogP contribution in [-0.2, 0) is 13.0 Å². The van der Waals surface area contributed by atoms with Gasteiger partial charge in [-0.05, 0) is 76.9 Å². The monoisotopic (exact) mass is 349 g/mol. The van der Waals surface area contributed by atoms with Crippen LogP contribution in [0.5, 0.6) is 0 Å². The van der Waals surface area contributed by atoms with E-state index in [9.17, 15) is 9.18 Å². The Bertz CT molecular complexity index is 646. The molecule has 1 heterocycles. The summed E-state index contributed by atoms with van der Waals surface area (Å²) < 4.78 is 14.4. The van der Waals surface area contributed by atoms with E-state index in [2.05, 4.69) is 23.8 Å². The number of fused-ring (bicyclic) bond motifs is 1. The van der Waals surface area contributed by atoms with Gasteiger partial charge in [-0.3, -0.25) is 14.9 Å². The van der Waals surface area contributed by atoms with Crippen molar-refractivity contribution in [2.24, 2.45) is 0 Å². The Morgan fingerprint density at radius 3 is 2.84 bits per heavy atom. The maximum absolute atomic E-state index is 14.4. The zero-order valence-electron chi connectivity index (χ0n) is 15.1. The minimum atomic E-state index is -0.670. The average molecular weight is 349 g/mol. The first kappa shape index (κ1) is 18.3. The molecule has 0 bridgehead atoms. The molecule has 6 heteroatoms. The largest absolute Gasteiger partial charge is 0.301 e. The summed E-state index contributed by atoms with van der Waals surface area (Å²) in [7, 11) is 2.21. The van der Waals surface area contributed by atoms with Gasteiger partial charge in [0.1, 0.15) is 5.82 Å². The molecule has 2 aliphatic rings. The molecule has 1 aromatic rings. The first-order valence-electron chi connectivity index (χ1n) is 9.12. The highest BCUT2D eigenvalue weighted by Crippen LogP contribution is 2.36. The van der Waals surface area contributed by atoms with Crippen LogP contribution in [0.15, 0.2) is 12.1 Å². The third-order valence-corrected chi connectivity index (χ3v) is 6.05. The fourth-order valence-corrected chi connectivity index (χ4v) is 3.93. The molecular formula is C19H28FN3O2. The molecule has 2 N–H and O–H groups in total. The number of benzene rings is 1. The first-order chi connectivity index (χ1) is 11.9. The Labute approximate surface area is 148 Å². The van der Waals surface area contributed by atoms with Gasteiger partial charge in [-0.15, -0.1) is 0 Å². The molecule has 1 amide bonds. The zero-order chi connectivity index (χ0) is 18.0. The van der Waals surface area contributed by atoms with Gasteiger partial charge in [-0.25, -0.2) is 9.87 Å². The molecule has 0 spiro atoms. The van der Waals surface area contributed by atoms with Gasteiger partial charge >= 0.3 is 0 Å². The number of rotatable bonds is 6. The number of nitrogens with one attached hydrogen (secondary N) is 1. The minimum absolute atomic E-state index is 0.169. The fraction of sp³-hybridized carbons (Fsp3) is 0.632. The van der Waals surface area contributed by atoms with Crippen molar-refractivity contribution < 1.29 is 14.4 Å². The van der Waals surface area contributed by atoms with Crippen LogP contribution in [0.3, 0.4) is 0 Å². The van der Waals surface area contributed by atoms with Gasteiger partial charge in [-0.1, -0.05) is 0 Å². The lowest BCUT2D eigenvalue weighted by Gasteiger charge is -2.46. The topological polar surface area (TPSA) is 55.8 Å². The van der Waals surface area contributed by atoms with Gasteiger partial charge in [-0.2, -0.15) is 0 Å². The summed E-state index contributed by atoms with van der Waals surface area (Å²) in [5, 5.41) is 8.71. The molecule has 1 fully saturated rings. The standard InChI is InChI=1S/C19H28FN3O2/c1-19(6-3-7-19)22(2)8-4-9-23-10-5-14-11-15(18(24)21-25)12-17(20)16(14)13-23/h11-12,25H,3-10,13H2,1-2H3,(H,21,24). The number of hydroxylamine groups is 1. The summed E-state index contributed by atoms with van der Waals surface area (Å²) >= 11 is 0. The lowest BCUT2D eigenvalue weighted by Crippen LogP contribution is -2.50. The molecule has 0 unspecified atom stereocenters. The smallest absolute Gasteiger partial charge is 0.274 e. The van der Waals surface area contributed by atoms with Crippen molar-refractivity contribution in [2.75, 3.05) is 26.7 Å². The van der Waals surface area contributed by atoms with Gasteiger partial charge in [0, 0.05) is 29.8 Å².